The van der Waals surface area contributed by atoms with Gasteiger partial charge >= 0.3 is 6.03 Å². The van der Waals surface area contributed by atoms with E-state index in [1.807, 2.05) is 0 Å². The molecule has 3 aliphatic rings. The minimum atomic E-state index is -3.87. The molecule has 2 N–H and O–H groups in total. The van der Waals surface area contributed by atoms with E-state index in [-0.39, 0.29) is 5.54 Å². The first-order valence-corrected chi connectivity index (χ1v) is 13.3. The zero-order chi connectivity index (χ0) is 22.3. The van der Waals surface area contributed by atoms with Crippen LogP contribution in [0.2, 0.25) is 0 Å². The number of nitrogens with zero attached hydrogens (tertiary/aromatic N) is 1. The molecule has 2 amide bonds. The maximum atomic E-state index is 12.7. The second kappa shape index (κ2) is 8.24. The monoisotopic (exact) mass is 446 g/mol. The van der Waals surface area contributed by atoms with Gasteiger partial charge in [-0.15, -0.1) is 0 Å². The van der Waals surface area contributed by atoms with Crippen LogP contribution in [0.1, 0.15) is 68.7 Å². The fourth-order valence-electron chi connectivity index (χ4n) is 6.24. The first-order chi connectivity index (χ1) is 14.7. The molecule has 1 saturated heterocycles. The van der Waals surface area contributed by atoms with Gasteiger partial charge in [0, 0.05) is 18.5 Å². The van der Waals surface area contributed by atoms with Gasteiger partial charge in [0.1, 0.15) is 5.54 Å². The molecule has 4 rings (SSSR count). The number of nitrogens with one attached hydrogen (secondary N) is 2. The Bertz CT molecular complexity index is 979. The van der Waals surface area contributed by atoms with E-state index >= 15 is 0 Å². The van der Waals surface area contributed by atoms with Gasteiger partial charge in [-0.25, -0.2) is 17.9 Å². The van der Waals surface area contributed by atoms with Crippen molar-refractivity contribution in [3.05, 3.63) is 39.8 Å². The second-order valence-electron chi connectivity index (χ2n) is 9.60. The van der Waals surface area contributed by atoms with Gasteiger partial charge in [-0.1, -0.05) is 6.07 Å². The summed E-state index contributed by atoms with van der Waals surface area (Å²) in [5.74, 6) is 0. The molecule has 1 aromatic rings. The van der Waals surface area contributed by atoms with Crippen LogP contribution in [0, 0.1) is 0 Å². The number of fused-ring (bicyclic) bond motifs is 2. The summed E-state index contributed by atoms with van der Waals surface area (Å²) in [6.07, 6.45) is 9.97. The molecule has 0 spiro atoms. The zero-order valence-electron chi connectivity index (χ0n) is 19.1. The molecule has 0 aromatic heterocycles. The van der Waals surface area contributed by atoms with Gasteiger partial charge in [0.15, 0.2) is 0 Å². The number of urea groups is 1. The number of sulfonamides is 1. The number of amides is 2. The van der Waals surface area contributed by atoms with Crippen LogP contribution in [-0.2, 0) is 35.7 Å². The SMILES string of the molecule is CC[N+]1(CC)CCC[C@]1(C)/C=C/S(=O)(=O)NC(=O)Nc1c2c(cc3c1CCC3)CCC2. The average Bonchev–Trinajstić information content (AvgIpc) is 3.45. The van der Waals surface area contributed by atoms with E-state index in [9.17, 15) is 13.2 Å². The average molecular weight is 447 g/mol. The van der Waals surface area contributed by atoms with Crippen molar-refractivity contribution < 1.29 is 17.7 Å². The van der Waals surface area contributed by atoms with Gasteiger partial charge in [0.2, 0.25) is 0 Å². The van der Waals surface area contributed by atoms with E-state index in [0.717, 1.165) is 81.2 Å². The van der Waals surface area contributed by atoms with Gasteiger partial charge in [-0.2, -0.15) is 0 Å². The third-order valence-electron chi connectivity index (χ3n) is 8.12. The number of hydrogen-bond donors (Lipinski definition) is 2. The van der Waals surface area contributed by atoms with Crippen LogP contribution in [0.5, 0.6) is 0 Å². The molecular weight excluding hydrogens is 410 g/mol. The van der Waals surface area contributed by atoms with Crippen LogP contribution in [0.15, 0.2) is 17.6 Å². The second-order valence-corrected chi connectivity index (χ2v) is 11.2. The first-order valence-electron chi connectivity index (χ1n) is 11.8. The van der Waals surface area contributed by atoms with Crippen molar-refractivity contribution in [2.24, 2.45) is 0 Å². The Hall–Kier alpha value is -1.86. The Kier molecular flexibility index (Phi) is 5.94. The lowest BCUT2D eigenvalue weighted by atomic mass is 9.96. The number of quaternary nitrogens is 1. The lowest BCUT2D eigenvalue weighted by Gasteiger charge is -2.44. The molecule has 6 nitrogen and oxygen atoms in total. The number of carbonyl (C=O) groups excluding carboxylic acids is 1. The highest BCUT2D eigenvalue weighted by Gasteiger charge is 2.47. The van der Waals surface area contributed by atoms with Gasteiger partial charge in [0.05, 0.1) is 25.0 Å². The van der Waals surface area contributed by atoms with Crippen LogP contribution in [0.3, 0.4) is 0 Å². The summed E-state index contributed by atoms with van der Waals surface area (Å²) in [5, 5.41) is 4.11. The summed E-state index contributed by atoms with van der Waals surface area (Å²) in [4.78, 5) is 12.7. The van der Waals surface area contributed by atoms with E-state index in [1.165, 1.54) is 27.7 Å². The molecule has 1 atom stereocenters. The highest BCUT2D eigenvalue weighted by Crippen LogP contribution is 2.39. The van der Waals surface area contributed by atoms with E-state index in [2.05, 4.69) is 36.9 Å². The van der Waals surface area contributed by atoms with Crippen LogP contribution < -0.4 is 10.0 Å². The lowest BCUT2D eigenvalue weighted by molar-refractivity contribution is -0.952. The molecule has 7 heteroatoms. The van der Waals surface area contributed by atoms with Crippen LogP contribution in [-0.4, -0.2) is 44.1 Å². The van der Waals surface area contributed by atoms with Crippen molar-refractivity contribution in [3.63, 3.8) is 0 Å². The quantitative estimate of drug-likeness (QED) is 0.648. The Labute approximate surface area is 186 Å². The number of benzene rings is 1. The molecule has 1 aliphatic heterocycles. The van der Waals surface area contributed by atoms with E-state index in [4.69, 9.17) is 0 Å². The number of likely N-dealkylation sites (tertiary alicyclic amines) is 1. The van der Waals surface area contributed by atoms with Crippen LogP contribution >= 0.6 is 0 Å². The Balaban J connectivity index is 1.50. The van der Waals surface area contributed by atoms with Gasteiger partial charge in [-0.05, 0) is 87.6 Å². The molecule has 31 heavy (non-hydrogen) atoms. The van der Waals surface area contributed by atoms with E-state index in [1.54, 1.807) is 6.08 Å². The Morgan fingerprint density at radius 3 is 2.26 bits per heavy atom. The van der Waals surface area contributed by atoms with Crippen LogP contribution in [0.25, 0.3) is 0 Å². The molecular formula is C24H36N3O3S+. The first kappa shape index (κ1) is 22.3. The van der Waals surface area contributed by atoms with Crippen LogP contribution in [0.4, 0.5) is 10.5 Å². The van der Waals surface area contributed by atoms with E-state index in [0.29, 0.717) is 0 Å². The Morgan fingerprint density at radius 1 is 1.06 bits per heavy atom. The van der Waals surface area contributed by atoms with Gasteiger partial charge in [0.25, 0.3) is 10.0 Å². The highest BCUT2D eigenvalue weighted by atomic mass is 32.2. The standard InChI is InChI=1S/C24H35N3O3S/c1-4-27(5-2)15-8-13-24(27,3)14-16-31(29,30)26-23(28)25-22-20-11-6-9-18(20)17-19-10-7-12-21(19)22/h14,16-17H,4-13,15H2,1-3H3,(H-,25,26,28)/p+1/b16-14+/t24-/m1/s1. The van der Waals surface area contributed by atoms with Crippen molar-refractivity contribution >= 4 is 21.7 Å². The fraction of sp³-hybridized carbons (Fsp3) is 0.625. The normalized spacial score (nSPS) is 24.4. The summed E-state index contributed by atoms with van der Waals surface area (Å²) in [7, 11) is -3.87. The molecule has 2 aliphatic carbocycles. The number of anilines is 1. The smallest absolute Gasteiger partial charge is 0.316 e. The molecule has 0 saturated carbocycles. The molecule has 170 valence electrons. The minimum Gasteiger partial charge on any atom is -0.316 e. The third-order valence-corrected chi connectivity index (χ3v) is 9.08. The molecule has 0 bridgehead atoms. The van der Waals surface area contributed by atoms with Crippen molar-refractivity contribution in [3.8, 4) is 0 Å². The highest BCUT2D eigenvalue weighted by molar-refractivity contribution is 7.92. The fourth-order valence-corrected chi connectivity index (χ4v) is 7.09. The number of hydrogen-bond acceptors (Lipinski definition) is 3. The maximum absolute atomic E-state index is 12.7. The number of aryl methyl sites for hydroxylation is 2. The molecule has 0 radical (unpaired) electrons. The number of rotatable bonds is 6. The predicted molar refractivity (Wildman–Crippen MR) is 125 cm³/mol. The molecule has 0 unspecified atom stereocenters. The zero-order valence-corrected chi connectivity index (χ0v) is 19.9. The molecule has 1 heterocycles. The lowest BCUT2D eigenvalue weighted by Crippen LogP contribution is -2.58. The topological polar surface area (TPSA) is 75.3 Å². The summed E-state index contributed by atoms with van der Waals surface area (Å²) in [6, 6.07) is 1.63. The largest absolute Gasteiger partial charge is 0.333 e. The molecule has 1 fully saturated rings. The van der Waals surface area contributed by atoms with Gasteiger partial charge < -0.3 is 9.80 Å². The maximum Gasteiger partial charge on any atom is 0.333 e. The van der Waals surface area contributed by atoms with Crippen molar-refractivity contribution in [2.75, 3.05) is 25.0 Å². The van der Waals surface area contributed by atoms with E-state index < -0.39 is 16.1 Å². The van der Waals surface area contributed by atoms with Crippen molar-refractivity contribution in [1.29, 1.82) is 0 Å². The number of likely N-dealkylation sites (N-methyl/N-ethyl adjacent to an activating group) is 1. The predicted octanol–water partition coefficient (Wildman–Crippen LogP) is 4.04. The summed E-state index contributed by atoms with van der Waals surface area (Å²) in [5.41, 5.74) is 5.62. The summed E-state index contributed by atoms with van der Waals surface area (Å²) < 4.78 is 28.5. The summed E-state index contributed by atoms with van der Waals surface area (Å²) in [6.45, 7) is 9.46. The third kappa shape index (κ3) is 4.02. The van der Waals surface area contributed by atoms with Crippen molar-refractivity contribution in [2.45, 2.75) is 77.7 Å². The molecule has 1 aromatic carbocycles. The van der Waals surface area contributed by atoms with Gasteiger partial charge in [-0.3, -0.25) is 0 Å². The minimum absolute atomic E-state index is 0.226. The number of carbonyl (C=O) groups is 1. The Morgan fingerprint density at radius 2 is 1.68 bits per heavy atom. The summed E-state index contributed by atoms with van der Waals surface area (Å²) >= 11 is 0. The van der Waals surface area contributed by atoms with Crippen molar-refractivity contribution in [1.82, 2.24) is 4.72 Å².